The van der Waals surface area contributed by atoms with Crippen LogP contribution in [0.15, 0.2) is 0 Å². The third kappa shape index (κ3) is 3.04. The second-order valence-electron chi connectivity index (χ2n) is 2.51. The minimum Gasteiger partial charge on any atom is -1.00 e. The molecular weight excluding hydrogens is 427 g/mol. The number of carboxylic acids is 2. The Morgan fingerprint density at radius 3 is 1.38 bits per heavy atom. The van der Waals surface area contributed by atoms with Gasteiger partial charge in [0.2, 0.25) is 0 Å². The van der Waals surface area contributed by atoms with E-state index < -0.39 is 17.4 Å². The van der Waals surface area contributed by atoms with E-state index in [1.807, 2.05) is 0 Å². The zero-order valence-electron chi connectivity index (χ0n) is 6.40. The average molecular weight is 434 g/mol. The van der Waals surface area contributed by atoms with Crippen LogP contribution in [0.3, 0.4) is 0 Å². The van der Waals surface area contributed by atoms with Crippen LogP contribution in [-0.2, 0) is 30.7 Å². The second-order valence-corrected chi connectivity index (χ2v) is 2.51. The molecule has 1 rings (SSSR count). The van der Waals surface area contributed by atoms with E-state index in [9.17, 15) is 19.8 Å². The fourth-order valence-electron chi connectivity index (χ4n) is 1.02. The third-order valence-electron chi connectivity index (χ3n) is 1.99. The van der Waals surface area contributed by atoms with Crippen molar-refractivity contribution in [3.8, 4) is 0 Å². The number of halogens is 1. The smallest absolute Gasteiger partial charge is 1.00 e. The summed E-state index contributed by atoms with van der Waals surface area (Å²) in [6.07, 6.45) is 0.928. The van der Waals surface area contributed by atoms with Gasteiger partial charge in [-0.05, 0) is 12.8 Å². The van der Waals surface area contributed by atoms with Crippen LogP contribution in [0.5, 0.6) is 0 Å². The van der Waals surface area contributed by atoms with Gasteiger partial charge in [-0.1, -0.05) is 6.42 Å². The van der Waals surface area contributed by atoms with Gasteiger partial charge in [-0.3, -0.25) is 0 Å². The molecular formula is C6H7BrO5Pt. The molecule has 0 aromatic rings. The Kier molecular flexibility index (Phi) is 9.40. The van der Waals surface area contributed by atoms with Gasteiger partial charge in [-0.2, -0.15) is 0 Å². The Morgan fingerprint density at radius 2 is 1.38 bits per heavy atom. The number of carbonyl (C=O) groups is 2. The molecule has 1 saturated carbocycles. The van der Waals surface area contributed by atoms with Crippen molar-refractivity contribution in [2.75, 3.05) is 0 Å². The van der Waals surface area contributed by atoms with Crippen LogP contribution >= 0.6 is 0 Å². The number of carbonyl (C=O) groups excluding carboxylic acids is 2. The third-order valence-corrected chi connectivity index (χ3v) is 1.99. The summed E-state index contributed by atoms with van der Waals surface area (Å²) in [7, 11) is 0. The van der Waals surface area contributed by atoms with Gasteiger partial charge in [0, 0.05) is 5.41 Å². The molecule has 0 spiro atoms. The largest absolute Gasteiger partial charge is 4.00 e. The van der Waals surface area contributed by atoms with E-state index in [-0.39, 0.29) is 56.4 Å². The molecule has 0 bridgehead atoms. The van der Waals surface area contributed by atoms with Crippen LogP contribution < -0.4 is 27.2 Å². The summed E-state index contributed by atoms with van der Waals surface area (Å²) in [6.45, 7) is 0. The molecule has 1 aliphatic carbocycles. The topological polar surface area (TPSA) is 110 Å². The molecule has 1 N–H and O–H groups in total. The van der Waals surface area contributed by atoms with Crippen LogP contribution in [0, 0.1) is 5.41 Å². The Bertz CT molecular complexity index is 175. The Labute approximate surface area is 99.9 Å². The van der Waals surface area contributed by atoms with Crippen molar-refractivity contribution < 1.29 is 63.3 Å². The molecule has 1 aliphatic rings. The maximum Gasteiger partial charge on any atom is 4.00 e. The molecule has 78 valence electrons. The minimum absolute atomic E-state index is 0. The second kappa shape index (κ2) is 6.51. The first kappa shape index (κ1) is 18.8. The standard InChI is InChI=1S/C6H8O4.BrH.H2O.Pt/c7-4(8)6(5(9)10)2-1-3-6;;;/h1-3H2,(H,7,8)(H,9,10);1H;1H2;/q;;;+4/p-4. The molecule has 0 saturated heterocycles. The summed E-state index contributed by atoms with van der Waals surface area (Å²) in [6, 6.07) is 0. The molecule has 1 fully saturated rings. The number of carboxylic acid groups (broad SMARTS) is 2. The van der Waals surface area contributed by atoms with E-state index in [4.69, 9.17) is 0 Å². The monoisotopic (exact) mass is 433 g/mol. The van der Waals surface area contributed by atoms with Gasteiger partial charge in [0.15, 0.2) is 0 Å². The Balaban J connectivity index is -0.000000333. The first-order valence-corrected chi connectivity index (χ1v) is 3.02. The van der Waals surface area contributed by atoms with E-state index in [1.54, 1.807) is 0 Å². The number of hydrogen-bond acceptors (Lipinski definition) is 5. The minimum atomic E-state index is -1.67. The predicted molar refractivity (Wildman–Crippen MR) is 28.2 cm³/mol. The first-order chi connectivity index (χ1) is 4.59. The zero-order chi connectivity index (χ0) is 7.78. The van der Waals surface area contributed by atoms with E-state index in [0.29, 0.717) is 6.42 Å². The molecule has 7 heteroatoms. The van der Waals surface area contributed by atoms with E-state index in [0.717, 1.165) is 0 Å². The van der Waals surface area contributed by atoms with Crippen molar-refractivity contribution in [3.63, 3.8) is 0 Å². The molecule has 5 nitrogen and oxygen atoms in total. The summed E-state index contributed by atoms with van der Waals surface area (Å²) in [5.41, 5.74) is -1.67. The number of hydrogen-bond donors (Lipinski definition) is 0. The maximum atomic E-state index is 10.2. The van der Waals surface area contributed by atoms with Gasteiger partial charge in [0.05, 0.1) is 11.9 Å². The van der Waals surface area contributed by atoms with Crippen LogP contribution in [0.2, 0.25) is 0 Å². The first-order valence-electron chi connectivity index (χ1n) is 3.02. The summed E-state index contributed by atoms with van der Waals surface area (Å²) in [5.74, 6) is -3.03. The number of aliphatic carboxylic acids is 2. The molecule has 0 amide bonds. The fraction of sp³-hybridized carbons (Fsp3) is 0.667. The summed E-state index contributed by atoms with van der Waals surface area (Å²) in [4.78, 5) is 20.4. The zero-order valence-corrected chi connectivity index (χ0v) is 10.3. The van der Waals surface area contributed by atoms with Gasteiger partial charge in [-0.25, -0.2) is 0 Å². The van der Waals surface area contributed by atoms with Gasteiger partial charge < -0.3 is 42.3 Å². The maximum absolute atomic E-state index is 10.2. The average Bonchev–Trinajstić information content (AvgIpc) is 1.57. The normalized spacial score (nSPS) is 16.3. The molecule has 0 atom stereocenters. The van der Waals surface area contributed by atoms with E-state index >= 15 is 0 Å². The Morgan fingerprint density at radius 1 is 1.08 bits per heavy atom. The van der Waals surface area contributed by atoms with E-state index in [2.05, 4.69) is 0 Å². The van der Waals surface area contributed by atoms with Gasteiger partial charge in [0.25, 0.3) is 0 Å². The Hall–Kier alpha value is 0.0683. The van der Waals surface area contributed by atoms with Crippen molar-refractivity contribution in [2.45, 2.75) is 19.3 Å². The van der Waals surface area contributed by atoms with Gasteiger partial charge in [-0.15, -0.1) is 0 Å². The summed E-state index contributed by atoms with van der Waals surface area (Å²) < 4.78 is 0. The molecule has 0 heterocycles. The van der Waals surface area contributed by atoms with Crippen LogP contribution in [-0.4, -0.2) is 17.4 Å². The van der Waals surface area contributed by atoms with Crippen molar-refractivity contribution in [2.24, 2.45) is 5.41 Å². The molecule has 13 heavy (non-hydrogen) atoms. The quantitative estimate of drug-likeness (QED) is 0.403. The van der Waals surface area contributed by atoms with Crippen molar-refractivity contribution in [1.29, 1.82) is 0 Å². The van der Waals surface area contributed by atoms with Gasteiger partial charge in [0.1, 0.15) is 0 Å². The van der Waals surface area contributed by atoms with Crippen LogP contribution in [0.25, 0.3) is 0 Å². The molecule has 0 aliphatic heterocycles. The molecule has 0 unspecified atom stereocenters. The fourth-order valence-corrected chi connectivity index (χ4v) is 1.02. The van der Waals surface area contributed by atoms with Crippen molar-refractivity contribution in [1.82, 2.24) is 0 Å². The van der Waals surface area contributed by atoms with Crippen LogP contribution in [0.4, 0.5) is 0 Å². The van der Waals surface area contributed by atoms with E-state index in [1.165, 1.54) is 0 Å². The van der Waals surface area contributed by atoms with Crippen LogP contribution in [0.1, 0.15) is 19.3 Å². The molecule has 0 radical (unpaired) electrons. The SMILES string of the molecule is O=C([O-])C1(C(=O)[O-])CCC1.[Br-].[OH-].[Pt+4]. The van der Waals surface area contributed by atoms with Crippen molar-refractivity contribution in [3.05, 3.63) is 0 Å². The van der Waals surface area contributed by atoms with Crippen molar-refractivity contribution >= 4 is 11.9 Å². The summed E-state index contributed by atoms with van der Waals surface area (Å²) in [5, 5.41) is 20.4. The molecule has 0 aromatic carbocycles. The molecule has 0 aromatic heterocycles. The summed E-state index contributed by atoms with van der Waals surface area (Å²) >= 11 is 0. The van der Waals surface area contributed by atoms with Gasteiger partial charge >= 0.3 is 21.1 Å². The predicted octanol–water partition coefficient (Wildman–Crippen LogP) is -5.52. The number of rotatable bonds is 2.